The van der Waals surface area contributed by atoms with E-state index in [0.29, 0.717) is 23.0 Å². The van der Waals surface area contributed by atoms with E-state index in [9.17, 15) is 9.59 Å². The Morgan fingerprint density at radius 2 is 2.19 bits per heavy atom. The van der Waals surface area contributed by atoms with Crippen LogP contribution in [0.2, 0.25) is 0 Å². The Labute approximate surface area is 131 Å². The topological polar surface area (TPSA) is 64.0 Å². The molecule has 6 heteroatoms. The summed E-state index contributed by atoms with van der Waals surface area (Å²) in [5.41, 5.74) is 1.20. The number of fused-ring (bicyclic) bond motifs is 2. The van der Waals surface area contributed by atoms with E-state index < -0.39 is 0 Å². The van der Waals surface area contributed by atoms with Crippen LogP contribution in [0.15, 0.2) is 23.0 Å². The van der Waals surface area contributed by atoms with Crippen molar-refractivity contribution in [1.29, 1.82) is 0 Å². The van der Waals surface area contributed by atoms with Crippen molar-refractivity contribution in [3.63, 3.8) is 0 Å². The molecule has 2 aromatic rings. The summed E-state index contributed by atoms with van der Waals surface area (Å²) < 4.78 is 4.28. The smallest absolute Gasteiger partial charge is 0.310 e. The Morgan fingerprint density at radius 3 is 2.90 bits per heavy atom. The molecule has 0 saturated carbocycles. The Kier molecular flexibility index (Phi) is 3.39. The van der Waals surface area contributed by atoms with Gasteiger partial charge in [0.1, 0.15) is 5.82 Å². The zero-order chi connectivity index (χ0) is 15.2. The molecule has 0 saturated heterocycles. The lowest BCUT2D eigenvalue weighted by molar-refractivity contribution is 0.0981. The van der Waals surface area contributed by atoms with Crippen molar-refractivity contribution in [2.45, 2.75) is 33.2 Å². The van der Waals surface area contributed by atoms with Crippen LogP contribution in [0.25, 0.3) is 10.9 Å². The van der Waals surface area contributed by atoms with Gasteiger partial charge in [0, 0.05) is 18.5 Å². The summed E-state index contributed by atoms with van der Waals surface area (Å²) in [5.74, 6) is 0.609. The molecule has 1 aliphatic heterocycles. The SMILES string of the molecule is CC1(C)CCc2nc3cc(C(=O)[NH][Al])ccc3c(=O)n2C1. The van der Waals surface area contributed by atoms with E-state index in [2.05, 4.69) is 39.6 Å². The third kappa shape index (κ3) is 2.50. The second-order valence-electron chi connectivity index (χ2n) is 6.29. The summed E-state index contributed by atoms with van der Waals surface area (Å²) in [5, 5.41) is 0.566. The normalized spacial score (nSPS) is 16.5. The van der Waals surface area contributed by atoms with Gasteiger partial charge in [-0.1, -0.05) is 13.8 Å². The number of nitrogens with one attached hydrogen (secondary N) is 1. The average molecular weight is 297 g/mol. The van der Waals surface area contributed by atoms with Crippen LogP contribution < -0.4 is 9.86 Å². The maximum atomic E-state index is 12.6. The molecule has 1 aliphatic rings. The van der Waals surface area contributed by atoms with Crippen LogP contribution in [0.3, 0.4) is 0 Å². The predicted octanol–water partition coefficient (Wildman–Crippen LogP) is 1.18. The quantitative estimate of drug-likeness (QED) is 0.804. The summed E-state index contributed by atoms with van der Waals surface area (Å²) in [6, 6.07) is 5.03. The monoisotopic (exact) mass is 297 g/mol. The number of aromatic nitrogens is 2. The fraction of sp³-hybridized carbons (Fsp3) is 0.400. The summed E-state index contributed by atoms with van der Waals surface area (Å²) in [6.45, 7) is 5.02. The van der Waals surface area contributed by atoms with Crippen LogP contribution in [0.4, 0.5) is 0 Å². The van der Waals surface area contributed by atoms with Crippen molar-refractivity contribution in [2.75, 3.05) is 0 Å². The van der Waals surface area contributed by atoms with Crippen LogP contribution in [-0.4, -0.2) is 32.0 Å². The highest BCUT2D eigenvalue weighted by Gasteiger charge is 2.27. The average Bonchev–Trinajstić information content (AvgIpc) is 2.46. The molecule has 1 amide bonds. The first-order valence-corrected chi connectivity index (χ1v) is 7.53. The number of benzene rings is 1. The fourth-order valence-electron chi connectivity index (χ4n) is 2.80. The standard InChI is InChI=1S/C15H17N3O2.Al/c1-15(2)6-5-12-17-11-7-9(13(16)19)3-4-10(11)14(20)18(12)8-15;/h3-4,7H,5-6,8H2,1-2H3,(H2,16,19);/q;+1/p-1. The first-order chi connectivity index (χ1) is 9.91. The highest BCUT2D eigenvalue weighted by atomic mass is 27.1. The summed E-state index contributed by atoms with van der Waals surface area (Å²) in [4.78, 5) is 28.9. The number of hydrogen-bond donors (Lipinski definition) is 1. The van der Waals surface area contributed by atoms with Gasteiger partial charge in [0.05, 0.1) is 10.9 Å². The maximum absolute atomic E-state index is 12.6. The lowest BCUT2D eigenvalue weighted by atomic mass is 9.85. The molecule has 1 aromatic heterocycles. The molecule has 0 unspecified atom stereocenters. The van der Waals surface area contributed by atoms with Crippen molar-refractivity contribution >= 4 is 33.3 Å². The third-order valence-electron chi connectivity index (χ3n) is 4.04. The van der Waals surface area contributed by atoms with Gasteiger partial charge in [0.15, 0.2) is 0 Å². The minimum atomic E-state index is -0.206. The molecule has 0 atom stereocenters. The van der Waals surface area contributed by atoms with Crippen LogP contribution in [0.1, 0.15) is 36.5 Å². The minimum absolute atomic E-state index is 0.0133. The van der Waals surface area contributed by atoms with Crippen molar-refractivity contribution in [2.24, 2.45) is 5.41 Å². The van der Waals surface area contributed by atoms with Gasteiger partial charge in [-0.3, -0.25) is 14.2 Å². The van der Waals surface area contributed by atoms with E-state index >= 15 is 0 Å². The maximum Gasteiger partial charge on any atom is 0.310 e. The minimum Gasteiger partial charge on any atom is -0.459 e. The summed E-state index contributed by atoms with van der Waals surface area (Å²) in [6.07, 6.45) is 1.80. The van der Waals surface area contributed by atoms with Crippen LogP contribution in [0, 0.1) is 5.41 Å². The predicted molar refractivity (Wildman–Crippen MR) is 81.3 cm³/mol. The molecular formula is C15H16AlN3O2. The van der Waals surface area contributed by atoms with Gasteiger partial charge >= 0.3 is 16.5 Å². The van der Waals surface area contributed by atoms with E-state index in [1.807, 2.05) is 0 Å². The molecule has 0 fully saturated rings. The van der Waals surface area contributed by atoms with Gasteiger partial charge < -0.3 is 4.30 Å². The first kappa shape index (κ1) is 14.3. The molecule has 0 bridgehead atoms. The van der Waals surface area contributed by atoms with Gasteiger partial charge in [-0.25, -0.2) is 4.98 Å². The fourth-order valence-corrected chi connectivity index (χ4v) is 2.97. The molecule has 2 radical (unpaired) electrons. The Hall–Kier alpha value is -1.64. The van der Waals surface area contributed by atoms with E-state index in [1.54, 1.807) is 22.8 Å². The number of aryl methyl sites for hydroxylation is 1. The van der Waals surface area contributed by atoms with Gasteiger partial charge in [-0.05, 0) is 30.0 Å². The first-order valence-electron chi connectivity index (χ1n) is 6.96. The number of carbonyl (C=O) groups excluding carboxylic acids is 1. The van der Waals surface area contributed by atoms with Gasteiger partial charge in [0.25, 0.3) is 5.56 Å². The molecule has 106 valence electrons. The summed E-state index contributed by atoms with van der Waals surface area (Å²) >= 11 is 2.18. The zero-order valence-electron chi connectivity index (χ0n) is 12.1. The Morgan fingerprint density at radius 1 is 1.43 bits per heavy atom. The van der Waals surface area contributed by atoms with Crippen molar-refractivity contribution in [1.82, 2.24) is 13.9 Å². The lowest BCUT2D eigenvalue weighted by Gasteiger charge is -2.31. The zero-order valence-corrected chi connectivity index (χ0v) is 13.3. The number of nitrogens with zero attached hydrogens (tertiary/aromatic N) is 2. The molecule has 0 spiro atoms. The third-order valence-corrected chi connectivity index (χ3v) is 4.30. The molecule has 3 rings (SSSR count). The van der Waals surface area contributed by atoms with E-state index in [0.717, 1.165) is 18.7 Å². The number of carbonyl (C=O) groups is 1. The lowest BCUT2D eigenvalue weighted by Crippen LogP contribution is -2.36. The molecule has 2 heterocycles. The van der Waals surface area contributed by atoms with Crippen LogP contribution in [0.5, 0.6) is 0 Å². The van der Waals surface area contributed by atoms with Gasteiger partial charge in [0.2, 0.25) is 5.91 Å². The van der Waals surface area contributed by atoms with E-state index in [1.165, 1.54) is 0 Å². The second-order valence-corrected chi connectivity index (χ2v) is 6.58. The second kappa shape index (κ2) is 4.97. The van der Waals surface area contributed by atoms with Crippen LogP contribution in [-0.2, 0) is 13.0 Å². The van der Waals surface area contributed by atoms with E-state index in [4.69, 9.17) is 0 Å². The van der Waals surface area contributed by atoms with Gasteiger partial charge in [-0.15, -0.1) is 0 Å². The van der Waals surface area contributed by atoms with E-state index in [-0.39, 0.29) is 16.9 Å². The number of rotatable bonds is 1. The number of hydrogen-bond acceptors (Lipinski definition) is 3. The highest BCUT2D eigenvalue weighted by molar-refractivity contribution is 6.18. The largest absolute Gasteiger partial charge is 0.459 e. The van der Waals surface area contributed by atoms with Crippen molar-refractivity contribution in [3.8, 4) is 0 Å². The van der Waals surface area contributed by atoms with Gasteiger partial charge in [-0.2, -0.15) is 0 Å². The Balaban J connectivity index is 2.20. The highest BCUT2D eigenvalue weighted by Crippen LogP contribution is 2.29. The molecule has 1 aromatic carbocycles. The molecular weight excluding hydrogens is 281 g/mol. The summed E-state index contributed by atoms with van der Waals surface area (Å²) in [7, 11) is 0. The Bertz CT molecular complexity index is 795. The number of amides is 1. The van der Waals surface area contributed by atoms with Crippen LogP contribution >= 0.6 is 0 Å². The molecule has 21 heavy (non-hydrogen) atoms. The molecule has 0 aliphatic carbocycles. The van der Waals surface area contributed by atoms with Crippen molar-refractivity contribution < 1.29 is 4.79 Å². The van der Waals surface area contributed by atoms with Crippen molar-refractivity contribution in [3.05, 3.63) is 39.9 Å². The molecule has 1 N–H and O–H groups in total. The molecule has 5 nitrogen and oxygen atoms in total.